The summed E-state index contributed by atoms with van der Waals surface area (Å²) in [7, 11) is 0. The van der Waals surface area contributed by atoms with Crippen LogP contribution in [0.1, 0.15) is 19.3 Å². The third-order valence-electron chi connectivity index (χ3n) is 3.13. The van der Waals surface area contributed by atoms with Crippen LogP contribution in [0, 0.1) is 5.82 Å². The fraction of sp³-hybridized carbons (Fsp3) is 0.538. The Kier molecular flexibility index (Phi) is 4.83. The monoisotopic (exact) mass is 316 g/mol. The van der Waals surface area contributed by atoms with Gasteiger partial charge < -0.3 is 15.4 Å². The minimum atomic E-state index is -0.348. The van der Waals surface area contributed by atoms with Crippen LogP contribution < -0.4 is 10.5 Å². The summed E-state index contributed by atoms with van der Waals surface area (Å²) >= 11 is 3.09. The maximum atomic E-state index is 13.3. The van der Waals surface area contributed by atoms with Gasteiger partial charge in [0.1, 0.15) is 11.6 Å². The average molecular weight is 317 g/mol. The molecule has 18 heavy (non-hydrogen) atoms. The van der Waals surface area contributed by atoms with Gasteiger partial charge in [-0.15, -0.1) is 0 Å². The first-order chi connectivity index (χ1) is 8.66. The van der Waals surface area contributed by atoms with Crippen LogP contribution in [0.5, 0.6) is 5.75 Å². The first kappa shape index (κ1) is 13.6. The second kappa shape index (κ2) is 6.38. The summed E-state index contributed by atoms with van der Waals surface area (Å²) in [5.74, 6) is 0.0795. The predicted octanol–water partition coefficient (Wildman–Crippen LogP) is 3.04. The fourth-order valence-electron chi connectivity index (χ4n) is 2.15. The van der Waals surface area contributed by atoms with Crippen LogP contribution in [-0.2, 0) is 0 Å². The molecule has 1 aliphatic rings. The van der Waals surface area contributed by atoms with Crippen molar-refractivity contribution in [2.75, 3.05) is 32.0 Å². The van der Waals surface area contributed by atoms with Gasteiger partial charge >= 0.3 is 0 Å². The van der Waals surface area contributed by atoms with Crippen molar-refractivity contribution in [1.29, 1.82) is 0 Å². The molecule has 0 amide bonds. The summed E-state index contributed by atoms with van der Waals surface area (Å²) in [6, 6.07) is 2.86. The lowest BCUT2D eigenvalue weighted by atomic mass is 10.3. The van der Waals surface area contributed by atoms with Gasteiger partial charge in [0, 0.05) is 12.6 Å². The largest absolute Gasteiger partial charge is 0.491 e. The summed E-state index contributed by atoms with van der Waals surface area (Å²) in [6.45, 7) is 3.99. The van der Waals surface area contributed by atoms with Gasteiger partial charge in [0.2, 0.25) is 0 Å². The Morgan fingerprint density at radius 3 is 2.78 bits per heavy atom. The number of hydrogen-bond acceptors (Lipinski definition) is 3. The number of ether oxygens (including phenoxy) is 1. The van der Waals surface area contributed by atoms with E-state index in [1.165, 1.54) is 38.1 Å². The molecule has 0 spiro atoms. The van der Waals surface area contributed by atoms with E-state index in [-0.39, 0.29) is 5.82 Å². The van der Waals surface area contributed by atoms with E-state index in [1.54, 1.807) is 0 Å². The highest BCUT2D eigenvalue weighted by Crippen LogP contribution is 2.28. The van der Waals surface area contributed by atoms with Crippen LogP contribution in [0.4, 0.5) is 10.1 Å². The number of nitrogens with two attached hydrogens (primary N) is 1. The molecule has 1 fully saturated rings. The molecule has 0 saturated carbocycles. The van der Waals surface area contributed by atoms with Gasteiger partial charge in [0.05, 0.1) is 16.8 Å². The van der Waals surface area contributed by atoms with E-state index >= 15 is 0 Å². The number of nitrogens with zero attached hydrogens (tertiary/aromatic N) is 1. The summed E-state index contributed by atoms with van der Waals surface area (Å²) < 4.78 is 19.2. The normalized spacial score (nSPS) is 16.1. The minimum absolute atomic E-state index is 0.348. The van der Waals surface area contributed by atoms with Crippen LogP contribution in [0.3, 0.4) is 0 Å². The van der Waals surface area contributed by atoms with E-state index in [2.05, 4.69) is 20.8 Å². The molecule has 0 aliphatic carbocycles. The van der Waals surface area contributed by atoms with E-state index in [4.69, 9.17) is 10.5 Å². The Bertz CT molecular complexity index is 408. The van der Waals surface area contributed by atoms with Crippen molar-refractivity contribution in [3.63, 3.8) is 0 Å². The number of benzene rings is 1. The zero-order chi connectivity index (χ0) is 13.0. The first-order valence-corrected chi connectivity index (χ1v) is 7.06. The van der Waals surface area contributed by atoms with E-state index < -0.39 is 0 Å². The molecule has 1 saturated heterocycles. The summed E-state index contributed by atoms with van der Waals surface area (Å²) in [6.07, 6.45) is 3.54. The number of rotatable bonds is 5. The van der Waals surface area contributed by atoms with Crippen LogP contribution in [0.2, 0.25) is 0 Å². The van der Waals surface area contributed by atoms with Gasteiger partial charge in [-0.25, -0.2) is 4.39 Å². The third kappa shape index (κ3) is 3.59. The summed E-state index contributed by atoms with van der Waals surface area (Å²) in [5, 5.41) is 0. The number of halogens is 2. The third-order valence-corrected chi connectivity index (χ3v) is 3.74. The molecule has 0 unspecified atom stereocenters. The quantitative estimate of drug-likeness (QED) is 0.670. The lowest BCUT2D eigenvalue weighted by Gasteiger charge is -2.15. The highest BCUT2D eigenvalue weighted by Gasteiger charge is 2.11. The van der Waals surface area contributed by atoms with Crippen molar-refractivity contribution < 1.29 is 9.13 Å². The molecule has 0 radical (unpaired) electrons. The number of hydrogen-bond donors (Lipinski definition) is 1. The van der Waals surface area contributed by atoms with Gasteiger partial charge in [-0.05, 0) is 54.3 Å². The minimum Gasteiger partial charge on any atom is -0.491 e. The Labute approximate surface area is 115 Å². The highest BCUT2D eigenvalue weighted by atomic mass is 79.9. The van der Waals surface area contributed by atoms with Crippen LogP contribution in [0.15, 0.2) is 16.6 Å². The van der Waals surface area contributed by atoms with Crippen molar-refractivity contribution in [3.05, 3.63) is 22.4 Å². The second-order valence-corrected chi connectivity index (χ2v) is 5.41. The van der Waals surface area contributed by atoms with Crippen LogP contribution >= 0.6 is 15.9 Å². The van der Waals surface area contributed by atoms with Gasteiger partial charge in [-0.2, -0.15) is 0 Å². The Hall–Kier alpha value is -0.810. The van der Waals surface area contributed by atoms with Gasteiger partial charge in [-0.1, -0.05) is 0 Å². The van der Waals surface area contributed by atoms with Crippen molar-refractivity contribution in [2.45, 2.75) is 19.3 Å². The SMILES string of the molecule is Nc1cc(Br)c(F)cc1OCCCN1CCCC1. The van der Waals surface area contributed by atoms with Crippen molar-refractivity contribution >= 4 is 21.6 Å². The molecule has 2 rings (SSSR count). The zero-order valence-corrected chi connectivity index (χ0v) is 11.9. The summed E-state index contributed by atoms with van der Waals surface area (Å²) in [4.78, 5) is 2.43. The fourth-order valence-corrected chi connectivity index (χ4v) is 2.51. The number of anilines is 1. The topological polar surface area (TPSA) is 38.5 Å². The Morgan fingerprint density at radius 1 is 1.33 bits per heavy atom. The van der Waals surface area contributed by atoms with E-state index in [1.807, 2.05) is 0 Å². The highest BCUT2D eigenvalue weighted by molar-refractivity contribution is 9.10. The lowest BCUT2D eigenvalue weighted by Crippen LogP contribution is -2.22. The first-order valence-electron chi connectivity index (χ1n) is 6.26. The summed E-state index contributed by atoms with van der Waals surface area (Å²) in [5.41, 5.74) is 6.23. The molecule has 0 aromatic heterocycles. The maximum absolute atomic E-state index is 13.3. The predicted molar refractivity (Wildman–Crippen MR) is 74.3 cm³/mol. The van der Waals surface area contributed by atoms with E-state index in [0.717, 1.165) is 13.0 Å². The zero-order valence-electron chi connectivity index (χ0n) is 10.3. The molecule has 2 N–H and O–H groups in total. The van der Waals surface area contributed by atoms with Gasteiger partial charge in [0.25, 0.3) is 0 Å². The maximum Gasteiger partial charge on any atom is 0.145 e. The average Bonchev–Trinajstić information content (AvgIpc) is 2.84. The molecule has 5 heteroatoms. The molecule has 0 atom stereocenters. The number of likely N-dealkylation sites (tertiary alicyclic amines) is 1. The van der Waals surface area contributed by atoms with E-state index in [9.17, 15) is 4.39 Å². The Morgan fingerprint density at radius 2 is 2.06 bits per heavy atom. The molecule has 0 bridgehead atoms. The standard InChI is InChI=1S/C13H18BrFN2O/c14-10-8-12(16)13(9-11(10)15)18-7-3-6-17-4-1-2-5-17/h8-9H,1-7,16H2. The van der Waals surface area contributed by atoms with Gasteiger partial charge in [-0.3, -0.25) is 0 Å². The molecule has 1 aliphatic heterocycles. The molecule has 1 aromatic rings. The number of nitrogen functional groups attached to an aromatic ring is 1. The van der Waals surface area contributed by atoms with Gasteiger partial charge in [0.15, 0.2) is 0 Å². The Balaban J connectivity index is 1.77. The van der Waals surface area contributed by atoms with Crippen LogP contribution in [0.25, 0.3) is 0 Å². The smallest absolute Gasteiger partial charge is 0.145 e. The molecule has 3 nitrogen and oxygen atoms in total. The lowest BCUT2D eigenvalue weighted by molar-refractivity contribution is 0.263. The van der Waals surface area contributed by atoms with Crippen molar-refractivity contribution in [2.24, 2.45) is 0 Å². The molecule has 1 heterocycles. The molecule has 100 valence electrons. The van der Waals surface area contributed by atoms with Crippen LogP contribution in [-0.4, -0.2) is 31.1 Å². The van der Waals surface area contributed by atoms with E-state index in [0.29, 0.717) is 22.5 Å². The second-order valence-electron chi connectivity index (χ2n) is 4.55. The molecular weight excluding hydrogens is 299 g/mol. The molecular formula is C13H18BrFN2O. The van der Waals surface area contributed by atoms with Crippen molar-refractivity contribution in [1.82, 2.24) is 4.90 Å². The molecule has 1 aromatic carbocycles. The van der Waals surface area contributed by atoms with Crippen molar-refractivity contribution in [3.8, 4) is 5.75 Å².